The van der Waals surface area contributed by atoms with Crippen molar-refractivity contribution in [2.45, 2.75) is 13.8 Å². The topological polar surface area (TPSA) is 59.7 Å². The Hall–Kier alpha value is -0.990. The van der Waals surface area contributed by atoms with Crippen LogP contribution in [-0.2, 0) is 0 Å². The average molecular weight is 312 g/mol. The van der Waals surface area contributed by atoms with E-state index in [0.29, 0.717) is 17.2 Å². The molecule has 0 amide bonds. The van der Waals surface area contributed by atoms with Crippen molar-refractivity contribution in [3.8, 4) is 6.07 Å². The standard InChI is InChI=1S/C12H14BrN3S/c1-8(2)7-17-10-3-11(13)12(16-6-10)9(4-14)5-15/h3-4,6,8,14,16H,7H2,1-2H3/b12-9+,14-4?. The highest BCUT2D eigenvalue weighted by Crippen LogP contribution is 2.29. The van der Waals surface area contributed by atoms with Crippen molar-refractivity contribution in [2.24, 2.45) is 5.92 Å². The van der Waals surface area contributed by atoms with Crippen molar-refractivity contribution in [2.75, 3.05) is 5.75 Å². The van der Waals surface area contributed by atoms with Crippen LogP contribution in [0.15, 0.2) is 32.9 Å². The zero-order valence-electron chi connectivity index (χ0n) is 9.75. The minimum Gasteiger partial charge on any atom is -0.359 e. The van der Waals surface area contributed by atoms with Gasteiger partial charge in [0.05, 0.1) is 11.3 Å². The maximum atomic E-state index is 8.87. The van der Waals surface area contributed by atoms with Crippen molar-refractivity contribution >= 4 is 33.9 Å². The molecule has 0 saturated carbocycles. The smallest absolute Gasteiger partial charge is 0.103 e. The second-order valence-corrected chi connectivity index (χ2v) is 5.88. The summed E-state index contributed by atoms with van der Waals surface area (Å²) in [5.41, 5.74) is 0.966. The molecule has 17 heavy (non-hydrogen) atoms. The van der Waals surface area contributed by atoms with Gasteiger partial charge in [-0.25, -0.2) is 0 Å². The lowest BCUT2D eigenvalue weighted by atomic mass is 10.2. The molecule has 1 aliphatic rings. The van der Waals surface area contributed by atoms with E-state index in [4.69, 9.17) is 10.7 Å². The van der Waals surface area contributed by atoms with E-state index < -0.39 is 0 Å². The summed E-state index contributed by atoms with van der Waals surface area (Å²) >= 11 is 5.18. The fourth-order valence-electron chi connectivity index (χ4n) is 1.16. The minimum atomic E-state index is 0.317. The molecular formula is C12H14BrN3S. The first-order valence-corrected chi connectivity index (χ1v) is 6.98. The maximum Gasteiger partial charge on any atom is 0.103 e. The molecule has 0 bridgehead atoms. The number of dihydropyridines is 1. The SMILES string of the molecule is CC(C)CSC1=CN/C(=C(/C#N)C=N)C(Br)=C1. The van der Waals surface area contributed by atoms with Crippen LogP contribution in [-0.4, -0.2) is 12.0 Å². The molecule has 0 unspecified atom stereocenters. The molecule has 1 rings (SSSR count). The van der Waals surface area contributed by atoms with Gasteiger partial charge < -0.3 is 10.7 Å². The first-order chi connectivity index (χ1) is 8.08. The monoisotopic (exact) mass is 311 g/mol. The lowest BCUT2D eigenvalue weighted by Gasteiger charge is -2.15. The van der Waals surface area contributed by atoms with Gasteiger partial charge in [-0.05, 0) is 27.9 Å². The van der Waals surface area contributed by atoms with Crippen LogP contribution < -0.4 is 5.32 Å². The van der Waals surface area contributed by atoms with E-state index in [-0.39, 0.29) is 0 Å². The molecule has 0 aromatic carbocycles. The fourth-order valence-corrected chi connectivity index (χ4v) is 2.76. The van der Waals surface area contributed by atoms with Gasteiger partial charge in [0.1, 0.15) is 6.07 Å². The number of nitrogens with zero attached hydrogens (tertiary/aromatic N) is 1. The number of halogens is 1. The number of nitrogens with one attached hydrogen (secondary N) is 2. The van der Waals surface area contributed by atoms with E-state index in [1.807, 2.05) is 18.3 Å². The molecule has 0 radical (unpaired) electrons. The molecule has 0 saturated heterocycles. The third-order valence-electron chi connectivity index (χ3n) is 1.98. The molecule has 0 fully saturated rings. The molecule has 1 aliphatic heterocycles. The van der Waals surface area contributed by atoms with Crippen LogP contribution in [0.3, 0.4) is 0 Å². The van der Waals surface area contributed by atoms with E-state index in [2.05, 4.69) is 35.1 Å². The Kier molecular flexibility index (Phi) is 5.52. The largest absolute Gasteiger partial charge is 0.359 e. The molecule has 0 aromatic heterocycles. The Morgan fingerprint density at radius 3 is 2.88 bits per heavy atom. The summed E-state index contributed by atoms with van der Waals surface area (Å²) in [4.78, 5) is 1.12. The van der Waals surface area contributed by atoms with Crippen LogP contribution >= 0.6 is 27.7 Å². The highest BCUT2D eigenvalue weighted by atomic mass is 79.9. The number of rotatable bonds is 4. The Balaban J connectivity index is 2.81. The van der Waals surface area contributed by atoms with Crippen molar-refractivity contribution in [3.63, 3.8) is 0 Å². The summed E-state index contributed by atoms with van der Waals surface area (Å²) in [5, 5.41) is 19.1. The maximum absolute atomic E-state index is 8.87. The van der Waals surface area contributed by atoms with Crippen LogP contribution in [0.4, 0.5) is 0 Å². The number of nitriles is 1. The number of allylic oxidation sites excluding steroid dienone is 3. The Morgan fingerprint density at radius 1 is 1.71 bits per heavy atom. The quantitative estimate of drug-likeness (QED) is 0.617. The van der Waals surface area contributed by atoms with Crippen LogP contribution in [0.5, 0.6) is 0 Å². The van der Waals surface area contributed by atoms with Gasteiger partial charge in [-0.2, -0.15) is 5.26 Å². The summed E-state index contributed by atoms with van der Waals surface area (Å²) in [5.74, 6) is 1.69. The molecule has 0 aromatic rings. The summed E-state index contributed by atoms with van der Waals surface area (Å²) in [6.07, 6.45) is 4.89. The average Bonchev–Trinajstić information content (AvgIpc) is 2.30. The molecule has 2 N–H and O–H groups in total. The number of hydrogen-bond donors (Lipinski definition) is 2. The van der Waals surface area contributed by atoms with Gasteiger partial charge in [0.2, 0.25) is 0 Å². The lowest BCUT2D eigenvalue weighted by molar-refractivity contribution is 0.751. The third kappa shape index (κ3) is 4.06. The summed E-state index contributed by atoms with van der Waals surface area (Å²) < 4.78 is 0.811. The highest BCUT2D eigenvalue weighted by molar-refractivity contribution is 9.12. The Labute approximate surface area is 114 Å². The fraction of sp³-hybridized carbons (Fsp3) is 0.333. The van der Waals surface area contributed by atoms with Crippen LogP contribution in [0.2, 0.25) is 0 Å². The molecule has 5 heteroatoms. The van der Waals surface area contributed by atoms with E-state index in [1.54, 1.807) is 11.8 Å². The Bertz CT molecular complexity index is 441. The zero-order chi connectivity index (χ0) is 12.8. The molecule has 0 spiro atoms. The van der Waals surface area contributed by atoms with Crippen molar-refractivity contribution in [3.05, 3.63) is 32.9 Å². The second-order valence-electron chi connectivity index (χ2n) is 3.93. The van der Waals surface area contributed by atoms with E-state index in [1.165, 1.54) is 0 Å². The Morgan fingerprint density at radius 2 is 2.41 bits per heavy atom. The molecule has 90 valence electrons. The van der Waals surface area contributed by atoms with Crippen LogP contribution in [0.25, 0.3) is 0 Å². The van der Waals surface area contributed by atoms with Gasteiger partial charge in [-0.15, -0.1) is 11.8 Å². The minimum absolute atomic E-state index is 0.317. The van der Waals surface area contributed by atoms with Gasteiger partial charge in [-0.1, -0.05) is 13.8 Å². The first kappa shape index (κ1) is 14.1. The van der Waals surface area contributed by atoms with Gasteiger partial charge in [0.25, 0.3) is 0 Å². The van der Waals surface area contributed by atoms with Crippen LogP contribution in [0.1, 0.15) is 13.8 Å². The van der Waals surface area contributed by atoms with Gasteiger partial charge in [0, 0.05) is 27.6 Å². The predicted molar refractivity (Wildman–Crippen MR) is 76.9 cm³/mol. The van der Waals surface area contributed by atoms with E-state index in [9.17, 15) is 0 Å². The first-order valence-electron chi connectivity index (χ1n) is 5.20. The lowest BCUT2D eigenvalue weighted by Crippen LogP contribution is -2.13. The molecule has 0 aliphatic carbocycles. The second kappa shape index (κ2) is 6.67. The molecular weight excluding hydrogens is 298 g/mol. The summed E-state index contributed by atoms with van der Waals surface area (Å²) in [6.45, 7) is 4.35. The van der Waals surface area contributed by atoms with E-state index >= 15 is 0 Å². The number of thioether (sulfide) groups is 1. The van der Waals surface area contributed by atoms with Crippen LogP contribution in [0, 0.1) is 22.7 Å². The van der Waals surface area contributed by atoms with Crippen molar-refractivity contribution in [1.29, 1.82) is 10.7 Å². The number of hydrogen-bond acceptors (Lipinski definition) is 4. The van der Waals surface area contributed by atoms with Gasteiger partial charge >= 0.3 is 0 Å². The third-order valence-corrected chi connectivity index (χ3v) is 4.01. The normalized spacial score (nSPS) is 17.8. The van der Waals surface area contributed by atoms with Crippen molar-refractivity contribution in [1.82, 2.24) is 5.32 Å². The summed E-state index contributed by atoms with van der Waals surface area (Å²) in [7, 11) is 0. The zero-order valence-corrected chi connectivity index (χ0v) is 12.2. The predicted octanol–water partition coefficient (Wildman–Crippen LogP) is 3.53. The highest BCUT2D eigenvalue weighted by Gasteiger charge is 2.12. The van der Waals surface area contributed by atoms with Gasteiger partial charge in [-0.3, -0.25) is 0 Å². The molecule has 0 atom stereocenters. The van der Waals surface area contributed by atoms with Gasteiger partial charge in [0.15, 0.2) is 0 Å². The van der Waals surface area contributed by atoms with Crippen molar-refractivity contribution < 1.29 is 0 Å². The molecule has 3 nitrogen and oxygen atoms in total. The van der Waals surface area contributed by atoms with E-state index in [0.717, 1.165) is 21.4 Å². The summed E-state index contributed by atoms with van der Waals surface area (Å²) in [6, 6.07) is 1.98. The molecule has 1 heterocycles.